The van der Waals surface area contributed by atoms with Gasteiger partial charge in [-0.25, -0.2) is 0 Å². The van der Waals surface area contributed by atoms with E-state index in [4.69, 9.17) is 23.2 Å². The molecule has 1 heterocycles. The number of hydrogen-bond acceptors (Lipinski definition) is 3. The molecular formula is C22H23Cl2N3O3. The summed E-state index contributed by atoms with van der Waals surface area (Å²) in [6, 6.07) is 14.3. The molecule has 0 radical (unpaired) electrons. The van der Waals surface area contributed by atoms with Crippen molar-refractivity contribution in [3.05, 3.63) is 69.7 Å². The minimum Gasteiger partial charge on any atom is -0.354 e. The third-order valence-corrected chi connectivity index (χ3v) is 5.73. The Kier molecular flexibility index (Phi) is 7.34. The van der Waals surface area contributed by atoms with Crippen LogP contribution in [0.15, 0.2) is 48.5 Å². The van der Waals surface area contributed by atoms with Gasteiger partial charge in [0.2, 0.25) is 11.8 Å². The van der Waals surface area contributed by atoms with Gasteiger partial charge in [0.1, 0.15) is 0 Å². The molecule has 3 amide bonds. The predicted octanol–water partition coefficient (Wildman–Crippen LogP) is 3.45. The van der Waals surface area contributed by atoms with Crippen LogP contribution in [0.3, 0.4) is 0 Å². The summed E-state index contributed by atoms with van der Waals surface area (Å²) in [6.45, 7) is 2.83. The summed E-state index contributed by atoms with van der Waals surface area (Å²) in [4.78, 5) is 38.8. The first-order chi connectivity index (χ1) is 14.4. The van der Waals surface area contributed by atoms with Gasteiger partial charge in [-0.2, -0.15) is 0 Å². The van der Waals surface area contributed by atoms with E-state index in [1.54, 1.807) is 17.0 Å². The fourth-order valence-corrected chi connectivity index (χ4v) is 3.84. The molecule has 2 aromatic rings. The SMILES string of the molecule is CC(c1ccccc1)N1CC(C(=O)NCCNC(=O)c2cc(Cl)ccc2Cl)CC1=O. The van der Waals surface area contributed by atoms with E-state index >= 15 is 0 Å². The van der Waals surface area contributed by atoms with Crippen molar-refractivity contribution in [3.63, 3.8) is 0 Å². The Hall–Kier alpha value is -2.57. The largest absolute Gasteiger partial charge is 0.354 e. The molecule has 0 spiro atoms. The van der Waals surface area contributed by atoms with Crippen molar-refractivity contribution in [1.29, 1.82) is 0 Å². The molecule has 1 fully saturated rings. The topological polar surface area (TPSA) is 78.5 Å². The average molecular weight is 448 g/mol. The van der Waals surface area contributed by atoms with Crippen molar-refractivity contribution in [2.75, 3.05) is 19.6 Å². The van der Waals surface area contributed by atoms with Gasteiger partial charge in [-0.05, 0) is 30.7 Å². The zero-order valence-electron chi connectivity index (χ0n) is 16.5. The average Bonchev–Trinajstić information content (AvgIpc) is 3.14. The van der Waals surface area contributed by atoms with Crippen LogP contribution in [0.1, 0.15) is 35.3 Å². The number of nitrogens with zero attached hydrogens (tertiary/aromatic N) is 1. The molecule has 0 saturated carbocycles. The Bertz CT molecular complexity index is 936. The van der Waals surface area contributed by atoms with E-state index in [1.807, 2.05) is 37.3 Å². The van der Waals surface area contributed by atoms with E-state index in [-0.39, 0.29) is 48.8 Å². The number of hydrogen-bond donors (Lipinski definition) is 2. The Morgan fingerprint density at radius 2 is 1.80 bits per heavy atom. The number of benzene rings is 2. The van der Waals surface area contributed by atoms with Crippen LogP contribution in [0.2, 0.25) is 10.0 Å². The normalized spacial score (nSPS) is 17.0. The van der Waals surface area contributed by atoms with Crippen LogP contribution in [-0.4, -0.2) is 42.3 Å². The Balaban J connectivity index is 1.46. The molecule has 2 aromatic carbocycles. The van der Waals surface area contributed by atoms with Crippen LogP contribution >= 0.6 is 23.2 Å². The molecule has 0 aromatic heterocycles. The van der Waals surface area contributed by atoms with Crippen LogP contribution in [0.5, 0.6) is 0 Å². The van der Waals surface area contributed by atoms with Crippen LogP contribution in [0.25, 0.3) is 0 Å². The van der Waals surface area contributed by atoms with E-state index < -0.39 is 5.92 Å². The smallest absolute Gasteiger partial charge is 0.252 e. The lowest BCUT2D eigenvalue weighted by Gasteiger charge is -2.25. The lowest BCUT2D eigenvalue weighted by atomic mass is 10.1. The third-order valence-electron chi connectivity index (χ3n) is 5.16. The number of likely N-dealkylation sites (tertiary alicyclic amines) is 1. The maximum absolute atomic E-state index is 12.5. The summed E-state index contributed by atoms with van der Waals surface area (Å²) in [7, 11) is 0. The number of halogens is 2. The van der Waals surface area contributed by atoms with Gasteiger partial charge in [-0.3, -0.25) is 14.4 Å². The van der Waals surface area contributed by atoms with Crippen molar-refractivity contribution in [3.8, 4) is 0 Å². The highest BCUT2D eigenvalue weighted by atomic mass is 35.5. The first-order valence-electron chi connectivity index (χ1n) is 9.72. The van der Waals surface area contributed by atoms with Gasteiger partial charge in [0, 0.05) is 31.1 Å². The first kappa shape index (κ1) is 22.1. The molecule has 1 aliphatic heterocycles. The van der Waals surface area contributed by atoms with Crippen molar-refractivity contribution in [1.82, 2.24) is 15.5 Å². The molecular weight excluding hydrogens is 425 g/mol. The minimum atomic E-state index is -0.401. The van der Waals surface area contributed by atoms with Gasteiger partial charge in [-0.1, -0.05) is 53.5 Å². The van der Waals surface area contributed by atoms with E-state index in [2.05, 4.69) is 10.6 Å². The first-order valence-corrected chi connectivity index (χ1v) is 10.5. The number of amides is 3. The van der Waals surface area contributed by atoms with Gasteiger partial charge in [-0.15, -0.1) is 0 Å². The summed E-state index contributed by atoms with van der Waals surface area (Å²) in [6.07, 6.45) is 0.188. The maximum Gasteiger partial charge on any atom is 0.252 e. The number of carbonyl (C=O) groups excluding carboxylic acids is 3. The predicted molar refractivity (Wildman–Crippen MR) is 116 cm³/mol. The van der Waals surface area contributed by atoms with E-state index in [1.165, 1.54) is 6.07 Å². The van der Waals surface area contributed by atoms with Crippen LogP contribution in [-0.2, 0) is 9.59 Å². The molecule has 0 aliphatic carbocycles. The molecule has 2 N–H and O–H groups in total. The molecule has 0 bridgehead atoms. The van der Waals surface area contributed by atoms with Gasteiger partial charge in [0.05, 0.1) is 22.5 Å². The van der Waals surface area contributed by atoms with Crippen molar-refractivity contribution in [2.45, 2.75) is 19.4 Å². The summed E-state index contributed by atoms with van der Waals surface area (Å²) < 4.78 is 0. The zero-order chi connectivity index (χ0) is 21.7. The summed E-state index contributed by atoms with van der Waals surface area (Å²) in [5.74, 6) is -0.992. The minimum absolute atomic E-state index is 0.0320. The molecule has 158 valence electrons. The van der Waals surface area contributed by atoms with Gasteiger partial charge >= 0.3 is 0 Å². The van der Waals surface area contributed by atoms with Gasteiger partial charge < -0.3 is 15.5 Å². The Labute approximate surface area is 185 Å². The Morgan fingerprint density at radius 3 is 2.53 bits per heavy atom. The molecule has 2 unspecified atom stereocenters. The van der Waals surface area contributed by atoms with Crippen molar-refractivity contribution < 1.29 is 14.4 Å². The number of nitrogens with one attached hydrogen (secondary N) is 2. The molecule has 6 nitrogen and oxygen atoms in total. The monoisotopic (exact) mass is 447 g/mol. The highest BCUT2D eigenvalue weighted by Crippen LogP contribution is 2.28. The number of carbonyl (C=O) groups is 3. The second-order valence-corrected chi connectivity index (χ2v) is 8.05. The lowest BCUT2D eigenvalue weighted by Crippen LogP contribution is -2.38. The van der Waals surface area contributed by atoms with E-state index in [0.717, 1.165) is 5.56 Å². The van der Waals surface area contributed by atoms with E-state index in [0.29, 0.717) is 16.6 Å². The standard InChI is InChI=1S/C22H23Cl2N3O3/c1-14(15-5-3-2-4-6-15)27-13-16(11-20(27)28)21(29)25-9-10-26-22(30)18-12-17(23)7-8-19(18)24/h2-8,12,14,16H,9-11,13H2,1H3,(H,25,29)(H,26,30). The highest BCUT2D eigenvalue weighted by Gasteiger charge is 2.36. The summed E-state index contributed by atoms with van der Waals surface area (Å²) >= 11 is 11.9. The molecule has 8 heteroatoms. The second kappa shape index (κ2) is 9.96. The second-order valence-electron chi connectivity index (χ2n) is 7.20. The molecule has 1 aliphatic rings. The highest BCUT2D eigenvalue weighted by molar-refractivity contribution is 6.35. The fraction of sp³-hybridized carbons (Fsp3) is 0.318. The molecule has 3 rings (SSSR count). The van der Waals surface area contributed by atoms with Gasteiger partial charge in [0.25, 0.3) is 5.91 Å². The molecule has 30 heavy (non-hydrogen) atoms. The maximum atomic E-state index is 12.5. The fourth-order valence-electron chi connectivity index (χ4n) is 3.47. The van der Waals surface area contributed by atoms with Crippen molar-refractivity contribution >= 4 is 40.9 Å². The molecule has 2 atom stereocenters. The van der Waals surface area contributed by atoms with Crippen LogP contribution in [0, 0.1) is 5.92 Å². The summed E-state index contributed by atoms with van der Waals surface area (Å²) in [5, 5.41) is 6.20. The van der Waals surface area contributed by atoms with Crippen molar-refractivity contribution in [2.24, 2.45) is 5.92 Å². The van der Waals surface area contributed by atoms with Crippen LogP contribution in [0.4, 0.5) is 0 Å². The van der Waals surface area contributed by atoms with Gasteiger partial charge in [0.15, 0.2) is 0 Å². The Morgan fingerprint density at radius 1 is 1.10 bits per heavy atom. The molecule has 1 saturated heterocycles. The number of rotatable bonds is 7. The quantitative estimate of drug-likeness (QED) is 0.637. The summed E-state index contributed by atoms with van der Waals surface area (Å²) in [5.41, 5.74) is 1.32. The van der Waals surface area contributed by atoms with Crippen LogP contribution < -0.4 is 10.6 Å². The zero-order valence-corrected chi connectivity index (χ0v) is 18.0. The lowest BCUT2D eigenvalue weighted by molar-refractivity contribution is -0.130. The van der Waals surface area contributed by atoms with E-state index in [9.17, 15) is 14.4 Å². The third kappa shape index (κ3) is 5.32.